The van der Waals surface area contributed by atoms with Crippen LogP contribution in [-0.4, -0.2) is 15.3 Å². The number of aromatic nitrogens is 2. The van der Waals surface area contributed by atoms with E-state index in [4.69, 9.17) is 0 Å². The molecule has 0 radical (unpaired) electrons. The van der Waals surface area contributed by atoms with Crippen LogP contribution in [0.15, 0.2) is 53.6 Å². The number of carbonyl (C=O) groups excluding carboxylic acids is 1. The van der Waals surface area contributed by atoms with Crippen molar-refractivity contribution in [3.05, 3.63) is 75.8 Å². The fraction of sp³-hybridized carbons (Fsp3) is 0.118. The van der Waals surface area contributed by atoms with E-state index in [-0.39, 0.29) is 11.3 Å². The molecule has 3 aromatic rings. The van der Waals surface area contributed by atoms with Gasteiger partial charge in [-0.25, -0.2) is 4.98 Å². The molecule has 1 N–H and O–H groups in total. The Morgan fingerprint density at radius 3 is 2.44 bits per heavy atom. The van der Waals surface area contributed by atoms with Gasteiger partial charge < -0.3 is 5.32 Å². The zero-order valence-electron chi connectivity index (χ0n) is 13.0. The Hall–Kier alpha value is -3.16. The van der Waals surface area contributed by atoms with Crippen molar-refractivity contribution in [3.8, 4) is 0 Å². The number of alkyl halides is 3. The first-order chi connectivity index (χ1) is 11.8. The Kier molecular flexibility index (Phi) is 4.03. The molecule has 2 aromatic heterocycles. The third-order valence-corrected chi connectivity index (χ3v) is 3.56. The molecule has 0 saturated heterocycles. The van der Waals surface area contributed by atoms with E-state index in [1.165, 1.54) is 4.40 Å². The Labute approximate surface area is 139 Å². The van der Waals surface area contributed by atoms with Crippen molar-refractivity contribution in [1.82, 2.24) is 9.38 Å². The molecule has 0 saturated carbocycles. The average Bonchev–Trinajstić information content (AvgIpc) is 2.55. The molecule has 1 amide bonds. The van der Waals surface area contributed by atoms with Crippen molar-refractivity contribution >= 4 is 17.2 Å². The monoisotopic (exact) mass is 347 g/mol. The maximum absolute atomic E-state index is 12.5. The summed E-state index contributed by atoms with van der Waals surface area (Å²) < 4.78 is 38.9. The minimum atomic E-state index is -4.46. The topological polar surface area (TPSA) is 63.5 Å². The molecule has 0 fully saturated rings. The zero-order chi connectivity index (χ0) is 18.2. The Morgan fingerprint density at radius 1 is 1.12 bits per heavy atom. The lowest BCUT2D eigenvalue weighted by Gasteiger charge is -2.09. The fourth-order valence-corrected chi connectivity index (χ4v) is 2.28. The van der Waals surface area contributed by atoms with E-state index in [9.17, 15) is 22.8 Å². The summed E-state index contributed by atoms with van der Waals surface area (Å²) in [6, 6.07) is 7.38. The first-order valence-corrected chi connectivity index (χ1v) is 7.22. The summed E-state index contributed by atoms with van der Waals surface area (Å²) >= 11 is 0. The molecule has 5 nitrogen and oxygen atoms in total. The van der Waals surface area contributed by atoms with Crippen molar-refractivity contribution in [2.45, 2.75) is 13.1 Å². The zero-order valence-corrected chi connectivity index (χ0v) is 13.0. The van der Waals surface area contributed by atoms with Crippen LogP contribution in [-0.2, 0) is 6.18 Å². The average molecular weight is 347 g/mol. The molecule has 0 unspecified atom stereocenters. The number of hydrogen-bond donors (Lipinski definition) is 1. The highest BCUT2D eigenvalue weighted by Gasteiger charge is 2.30. The van der Waals surface area contributed by atoms with Gasteiger partial charge in [-0.3, -0.25) is 14.0 Å². The van der Waals surface area contributed by atoms with E-state index >= 15 is 0 Å². The molecule has 0 aliphatic carbocycles. The number of rotatable bonds is 2. The largest absolute Gasteiger partial charge is 0.416 e. The molecule has 0 atom stereocenters. The number of anilines is 1. The number of aryl methyl sites for hydroxylation is 1. The SMILES string of the molecule is Cc1ccc2ncc(C(=O)Nc3ccc(C(F)(F)F)cc3)c(=O)n2c1. The van der Waals surface area contributed by atoms with Crippen LogP contribution in [0.1, 0.15) is 21.5 Å². The fourth-order valence-electron chi connectivity index (χ4n) is 2.28. The van der Waals surface area contributed by atoms with Gasteiger partial charge >= 0.3 is 6.18 Å². The summed E-state index contributed by atoms with van der Waals surface area (Å²) in [7, 11) is 0. The molecule has 1 aromatic carbocycles. The van der Waals surface area contributed by atoms with Gasteiger partial charge in [-0.05, 0) is 42.8 Å². The molecule has 0 aliphatic rings. The van der Waals surface area contributed by atoms with Gasteiger partial charge in [0.15, 0.2) is 0 Å². The minimum Gasteiger partial charge on any atom is -0.322 e. The van der Waals surface area contributed by atoms with E-state index in [1.807, 2.05) is 0 Å². The molecule has 0 spiro atoms. The van der Waals surface area contributed by atoms with Gasteiger partial charge in [0.05, 0.1) is 5.56 Å². The molecule has 8 heteroatoms. The Balaban J connectivity index is 1.90. The predicted molar refractivity (Wildman–Crippen MR) is 85.6 cm³/mol. The highest BCUT2D eigenvalue weighted by Crippen LogP contribution is 2.29. The third kappa shape index (κ3) is 3.37. The first-order valence-electron chi connectivity index (χ1n) is 7.22. The van der Waals surface area contributed by atoms with Crippen molar-refractivity contribution in [2.75, 3.05) is 5.32 Å². The van der Waals surface area contributed by atoms with Crippen molar-refractivity contribution < 1.29 is 18.0 Å². The van der Waals surface area contributed by atoms with Gasteiger partial charge in [-0.15, -0.1) is 0 Å². The second-order valence-corrected chi connectivity index (χ2v) is 5.44. The van der Waals surface area contributed by atoms with Crippen molar-refractivity contribution in [3.63, 3.8) is 0 Å². The maximum Gasteiger partial charge on any atom is 0.416 e. The van der Waals surface area contributed by atoms with Crippen LogP contribution in [0, 0.1) is 6.92 Å². The quantitative estimate of drug-likeness (QED) is 0.774. The molecule has 0 bridgehead atoms. The second-order valence-electron chi connectivity index (χ2n) is 5.44. The highest BCUT2D eigenvalue weighted by atomic mass is 19.4. The predicted octanol–water partition coefficient (Wildman–Crippen LogP) is 3.27. The lowest BCUT2D eigenvalue weighted by molar-refractivity contribution is -0.137. The van der Waals surface area contributed by atoms with E-state index in [1.54, 1.807) is 25.3 Å². The number of nitrogens with one attached hydrogen (secondary N) is 1. The summed E-state index contributed by atoms with van der Waals surface area (Å²) in [4.78, 5) is 28.7. The van der Waals surface area contributed by atoms with E-state index in [2.05, 4.69) is 10.3 Å². The molecule has 0 aliphatic heterocycles. The summed E-state index contributed by atoms with van der Waals surface area (Å²) in [6.45, 7) is 1.79. The molecular weight excluding hydrogens is 335 g/mol. The van der Waals surface area contributed by atoms with Crippen LogP contribution in [0.3, 0.4) is 0 Å². The van der Waals surface area contributed by atoms with Crippen LogP contribution in [0.5, 0.6) is 0 Å². The summed E-state index contributed by atoms with van der Waals surface area (Å²) in [5.74, 6) is -0.742. The molecule has 128 valence electrons. The maximum atomic E-state index is 12.5. The molecule has 2 heterocycles. The number of amides is 1. The second kappa shape index (κ2) is 6.04. The van der Waals surface area contributed by atoms with Gasteiger partial charge in [0.2, 0.25) is 0 Å². The molecule has 25 heavy (non-hydrogen) atoms. The Morgan fingerprint density at radius 2 is 1.80 bits per heavy atom. The van der Waals surface area contributed by atoms with Gasteiger partial charge in [-0.2, -0.15) is 13.2 Å². The van der Waals surface area contributed by atoms with Gasteiger partial charge in [0.1, 0.15) is 11.2 Å². The number of nitrogens with zero attached hydrogens (tertiary/aromatic N) is 2. The van der Waals surface area contributed by atoms with Gasteiger partial charge in [0.25, 0.3) is 11.5 Å². The number of pyridine rings is 1. The first kappa shape index (κ1) is 16.7. The number of benzene rings is 1. The summed E-state index contributed by atoms with van der Waals surface area (Å²) in [6.07, 6.45) is -1.76. The van der Waals surface area contributed by atoms with Gasteiger partial charge in [0, 0.05) is 18.1 Å². The van der Waals surface area contributed by atoms with Crippen LogP contribution < -0.4 is 10.9 Å². The lowest BCUT2D eigenvalue weighted by atomic mass is 10.2. The van der Waals surface area contributed by atoms with Crippen molar-refractivity contribution in [2.24, 2.45) is 0 Å². The van der Waals surface area contributed by atoms with Crippen LogP contribution >= 0.6 is 0 Å². The lowest BCUT2D eigenvalue weighted by Crippen LogP contribution is -2.26. The van der Waals surface area contributed by atoms with E-state index in [0.29, 0.717) is 5.65 Å². The molecule has 3 rings (SSSR count). The number of fused-ring (bicyclic) bond motifs is 1. The normalized spacial score (nSPS) is 11.5. The smallest absolute Gasteiger partial charge is 0.322 e. The van der Waals surface area contributed by atoms with Crippen LogP contribution in [0.25, 0.3) is 5.65 Å². The molecular formula is C17H12F3N3O2. The highest BCUT2D eigenvalue weighted by molar-refractivity contribution is 6.03. The third-order valence-electron chi connectivity index (χ3n) is 3.56. The number of carbonyl (C=O) groups is 1. The van der Waals surface area contributed by atoms with E-state index < -0.39 is 23.2 Å². The summed E-state index contributed by atoms with van der Waals surface area (Å²) in [5, 5.41) is 2.40. The standard InChI is InChI=1S/C17H12F3N3O2/c1-10-2-7-14-21-8-13(16(25)23(14)9-10)15(24)22-12-5-3-11(4-6-12)17(18,19)20/h2-9H,1H3,(H,22,24). The number of halogens is 3. The summed E-state index contributed by atoms with van der Waals surface area (Å²) in [5.41, 5.74) is -0.236. The van der Waals surface area contributed by atoms with Crippen LogP contribution in [0.2, 0.25) is 0 Å². The Bertz CT molecular complexity index is 1010. The van der Waals surface area contributed by atoms with Gasteiger partial charge in [-0.1, -0.05) is 6.07 Å². The number of hydrogen-bond acceptors (Lipinski definition) is 3. The van der Waals surface area contributed by atoms with Crippen LogP contribution in [0.4, 0.5) is 18.9 Å². The minimum absolute atomic E-state index is 0.145. The van der Waals surface area contributed by atoms with E-state index in [0.717, 1.165) is 36.0 Å². The van der Waals surface area contributed by atoms with Crippen molar-refractivity contribution in [1.29, 1.82) is 0 Å².